The zero-order valence-corrected chi connectivity index (χ0v) is 12.8. The molecule has 9 heteroatoms. The molecule has 1 aliphatic carbocycles. The fraction of sp³-hybridized carbons (Fsp3) is 0.385. The first-order valence-electron chi connectivity index (χ1n) is 6.53. The molecule has 0 spiro atoms. The molecular weight excluding hydrogens is 367 g/mol. The third-order valence-corrected chi connectivity index (χ3v) is 3.32. The van der Waals surface area contributed by atoms with Crippen LogP contribution >= 0.6 is 15.9 Å². The summed E-state index contributed by atoms with van der Waals surface area (Å²) in [4.78, 5) is 4.07. The van der Waals surface area contributed by atoms with Crippen molar-refractivity contribution in [3.8, 4) is 17.5 Å². The number of aromatic nitrogens is 3. The van der Waals surface area contributed by atoms with E-state index in [9.17, 15) is 13.2 Å². The fourth-order valence-electron chi connectivity index (χ4n) is 1.88. The molecule has 0 radical (unpaired) electrons. The van der Waals surface area contributed by atoms with Gasteiger partial charge in [0.1, 0.15) is 11.5 Å². The first kappa shape index (κ1) is 15.1. The van der Waals surface area contributed by atoms with E-state index in [2.05, 4.69) is 30.7 Å². The predicted molar refractivity (Wildman–Crippen MR) is 73.6 cm³/mol. The first-order chi connectivity index (χ1) is 10.4. The van der Waals surface area contributed by atoms with E-state index in [0.29, 0.717) is 17.2 Å². The molecule has 5 nitrogen and oxygen atoms in total. The highest BCUT2D eigenvalue weighted by molar-refractivity contribution is 9.10. The maximum atomic E-state index is 12.2. The third-order valence-electron chi connectivity index (χ3n) is 2.99. The second-order valence-electron chi connectivity index (χ2n) is 4.91. The van der Waals surface area contributed by atoms with Crippen LogP contribution in [0.5, 0.6) is 17.5 Å². The van der Waals surface area contributed by atoms with Crippen molar-refractivity contribution in [3.63, 3.8) is 0 Å². The Labute approximate surface area is 132 Å². The maximum Gasteiger partial charge on any atom is 0.573 e. The molecule has 0 bridgehead atoms. The molecule has 0 N–H and O–H groups in total. The predicted octanol–water partition coefficient (Wildman–Crippen LogP) is 4.14. The van der Waals surface area contributed by atoms with Crippen LogP contribution in [-0.4, -0.2) is 21.1 Å². The van der Waals surface area contributed by atoms with E-state index >= 15 is 0 Å². The lowest BCUT2D eigenvalue weighted by Crippen LogP contribution is -2.17. The standard InChI is InChI=1S/C13H11BrF3N3O2/c14-11-18-12(20(19-11)7-8-4-5-8)21-9-2-1-3-10(6-9)22-13(15,16)17/h1-3,6,8H,4-5,7H2. The molecule has 22 heavy (non-hydrogen) atoms. The zero-order valence-electron chi connectivity index (χ0n) is 11.2. The second-order valence-corrected chi connectivity index (χ2v) is 5.62. The van der Waals surface area contributed by atoms with Crippen molar-refractivity contribution in [3.05, 3.63) is 29.0 Å². The van der Waals surface area contributed by atoms with Gasteiger partial charge in [0.25, 0.3) is 0 Å². The van der Waals surface area contributed by atoms with Gasteiger partial charge in [0, 0.05) is 12.6 Å². The van der Waals surface area contributed by atoms with E-state index in [-0.39, 0.29) is 17.5 Å². The van der Waals surface area contributed by atoms with E-state index in [1.54, 1.807) is 4.68 Å². The molecule has 0 aliphatic heterocycles. The van der Waals surface area contributed by atoms with Crippen LogP contribution in [0, 0.1) is 5.92 Å². The van der Waals surface area contributed by atoms with Gasteiger partial charge in [-0.05, 0) is 46.8 Å². The van der Waals surface area contributed by atoms with Crippen molar-refractivity contribution in [2.45, 2.75) is 25.7 Å². The number of benzene rings is 1. The van der Waals surface area contributed by atoms with E-state index in [1.165, 1.54) is 18.2 Å². The number of nitrogens with zero attached hydrogens (tertiary/aromatic N) is 3. The number of ether oxygens (including phenoxy) is 2. The number of halogens is 4. The van der Waals surface area contributed by atoms with Gasteiger partial charge < -0.3 is 9.47 Å². The molecule has 1 aromatic heterocycles. The van der Waals surface area contributed by atoms with Crippen molar-refractivity contribution in [1.82, 2.24) is 14.8 Å². The minimum atomic E-state index is -4.74. The van der Waals surface area contributed by atoms with Gasteiger partial charge in [-0.15, -0.1) is 18.3 Å². The molecule has 1 heterocycles. The summed E-state index contributed by atoms with van der Waals surface area (Å²) < 4.78 is 48.0. The van der Waals surface area contributed by atoms with Gasteiger partial charge in [-0.3, -0.25) is 0 Å². The minimum Gasteiger partial charge on any atom is -0.424 e. The first-order valence-corrected chi connectivity index (χ1v) is 7.32. The molecule has 118 valence electrons. The smallest absolute Gasteiger partial charge is 0.424 e. The molecule has 1 fully saturated rings. The quantitative estimate of drug-likeness (QED) is 0.785. The Balaban J connectivity index is 1.76. The van der Waals surface area contributed by atoms with Gasteiger partial charge in [-0.25, -0.2) is 4.68 Å². The fourth-order valence-corrected chi connectivity index (χ4v) is 2.22. The van der Waals surface area contributed by atoms with Crippen molar-refractivity contribution in [2.75, 3.05) is 0 Å². The summed E-state index contributed by atoms with van der Waals surface area (Å²) in [6.45, 7) is 0.673. The SMILES string of the molecule is FC(F)(F)Oc1cccc(Oc2nc(Br)nn2CC2CC2)c1. The number of alkyl halides is 3. The number of hydrogen-bond donors (Lipinski definition) is 0. The summed E-state index contributed by atoms with van der Waals surface area (Å²) in [7, 11) is 0. The Morgan fingerprint density at radius 3 is 2.68 bits per heavy atom. The Morgan fingerprint density at radius 1 is 1.27 bits per heavy atom. The van der Waals surface area contributed by atoms with Crippen molar-refractivity contribution < 1.29 is 22.6 Å². The average molecular weight is 378 g/mol. The van der Waals surface area contributed by atoms with Gasteiger partial charge >= 0.3 is 12.4 Å². The molecule has 0 amide bonds. The summed E-state index contributed by atoms with van der Waals surface area (Å²) in [5, 5.41) is 4.15. The van der Waals surface area contributed by atoms with E-state index in [0.717, 1.165) is 18.9 Å². The van der Waals surface area contributed by atoms with E-state index < -0.39 is 6.36 Å². The molecule has 0 unspecified atom stereocenters. The number of rotatable bonds is 5. The van der Waals surface area contributed by atoms with Crippen LogP contribution in [0.25, 0.3) is 0 Å². The van der Waals surface area contributed by atoms with Crippen LogP contribution in [0.2, 0.25) is 0 Å². The second kappa shape index (κ2) is 5.79. The lowest BCUT2D eigenvalue weighted by molar-refractivity contribution is -0.274. The molecular formula is C13H11BrF3N3O2. The number of hydrogen-bond acceptors (Lipinski definition) is 4. The Bertz CT molecular complexity index is 671. The topological polar surface area (TPSA) is 49.2 Å². The largest absolute Gasteiger partial charge is 0.573 e. The van der Waals surface area contributed by atoms with Crippen molar-refractivity contribution >= 4 is 15.9 Å². The van der Waals surface area contributed by atoms with Crippen LogP contribution in [0.4, 0.5) is 13.2 Å². The van der Waals surface area contributed by atoms with E-state index in [4.69, 9.17) is 4.74 Å². The molecule has 1 saturated carbocycles. The van der Waals surface area contributed by atoms with Crippen LogP contribution < -0.4 is 9.47 Å². The van der Waals surface area contributed by atoms with Gasteiger partial charge in [-0.1, -0.05) is 6.07 Å². The van der Waals surface area contributed by atoms with Gasteiger partial charge in [0.05, 0.1) is 0 Å². The van der Waals surface area contributed by atoms with Crippen molar-refractivity contribution in [1.29, 1.82) is 0 Å². The van der Waals surface area contributed by atoms with E-state index in [1.807, 2.05) is 0 Å². The van der Waals surface area contributed by atoms with Gasteiger partial charge in [0.2, 0.25) is 4.73 Å². The normalized spacial score (nSPS) is 14.9. The Hall–Kier alpha value is -1.77. The molecule has 0 atom stereocenters. The highest BCUT2D eigenvalue weighted by Gasteiger charge is 2.31. The van der Waals surface area contributed by atoms with Gasteiger partial charge in [-0.2, -0.15) is 4.98 Å². The van der Waals surface area contributed by atoms with Crippen molar-refractivity contribution in [2.24, 2.45) is 5.92 Å². The summed E-state index contributed by atoms with van der Waals surface area (Å²) in [6.07, 6.45) is -2.48. The Morgan fingerprint density at radius 2 is 2.00 bits per heavy atom. The molecule has 1 aliphatic rings. The molecule has 0 saturated heterocycles. The maximum absolute atomic E-state index is 12.2. The average Bonchev–Trinajstić information content (AvgIpc) is 3.13. The molecule has 1 aromatic carbocycles. The van der Waals surface area contributed by atoms with Crippen LogP contribution in [-0.2, 0) is 6.54 Å². The highest BCUT2D eigenvalue weighted by atomic mass is 79.9. The Kier molecular flexibility index (Phi) is 3.98. The molecule has 3 rings (SSSR count). The van der Waals surface area contributed by atoms with Gasteiger partial charge in [0.15, 0.2) is 0 Å². The lowest BCUT2D eigenvalue weighted by atomic mass is 10.3. The van der Waals surface area contributed by atoms with Crippen LogP contribution in [0.3, 0.4) is 0 Å². The zero-order chi connectivity index (χ0) is 15.7. The summed E-state index contributed by atoms with van der Waals surface area (Å²) in [5.41, 5.74) is 0. The minimum absolute atomic E-state index is 0.193. The van der Waals surface area contributed by atoms with Crippen LogP contribution in [0.1, 0.15) is 12.8 Å². The summed E-state index contributed by atoms with van der Waals surface area (Å²) in [5.74, 6) is 0.395. The highest BCUT2D eigenvalue weighted by Crippen LogP contribution is 2.33. The summed E-state index contributed by atoms with van der Waals surface area (Å²) in [6, 6.07) is 5.51. The molecule has 2 aromatic rings. The van der Waals surface area contributed by atoms with Crippen LogP contribution in [0.15, 0.2) is 29.0 Å². The monoisotopic (exact) mass is 377 g/mol. The third kappa shape index (κ3) is 4.12. The summed E-state index contributed by atoms with van der Waals surface area (Å²) >= 11 is 3.16. The lowest BCUT2D eigenvalue weighted by Gasteiger charge is -2.10.